The van der Waals surface area contributed by atoms with Crippen molar-refractivity contribution in [3.63, 3.8) is 0 Å². The maximum atomic E-state index is 12.8. The van der Waals surface area contributed by atoms with E-state index >= 15 is 0 Å². The van der Waals surface area contributed by atoms with Crippen LogP contribution in [0, 0.1) is 5.41 Å². The fraction of sp³-hybridized carbons (Fsp3) is 0.250. The molecule has 1 aliphatic heterocycles. The quantitative estimate of drug-likeness (QED) is 0.791. The standard InChI is InChI=1S/C20H20N2O4/c1-20(19(24)26-3)16(14-10-6-4-7-11-14)21-22(17(20)18(23)25-2)15-12-8-5-9-13-15/h4-13,17H,1-3H3/t17-,20+/m1/s1. The molecule has 0 aromatic heterocycles. The zero-order valence-corrected chi connectivity index (χ0v) is 14.9. The number of carbonyl (C=O) groups is 2. The smallest absolute Gasteiger partial charge is 0.332 e. The van der Waals surface area contributed by atoms with E-state index in [1.807, 2.05) is 60.7 Å². The number of para-hydroxylation sites is 1. The lowest BCUT2D eigenvalue weighted by molar-refractivity contribution is -0.155. The summed E-state index contributed by atoms with van der Waals surface area (Å²) in [7, 11) is 2.60. The largest absolute Gasteiger partial charge is 0.468 e. The second kappa shape index (κ2) is 7.00. The van der Waals surface area contributed by atoms with Crippen LogP contribution in [0.25, 0.3) is 0 Å². The first kappa shape index (κ1) is 17.7. The van der Waals surface area contributed by atoms with Crippen molar-refractivity contribution in [3.05, 3.63) is 66.2 Å². The minimum absolute atomic E-state index is 0.462. The number of hydrogen-bond acceptors (Lipinski definition) is 6. The highest BCUT2D eigenvalue weighted by Crippen LogP contribution is 2.41. The first-order chi connectivity index (χ1) is 12.5. The molecular weight excluding hydrogens is 332 g/mol. The van der Waals surface area contributed by atoms with Gasteiger partial charge in [-0.2, -0.15) is 5.10 Å². The van der Waals surface area contributed by atoms with Crippen molar-refractivity contribution in [1.29, 1.82) is 0 Å². The normalized spacial score (nSPS) is 21.9. The van der Waals surface area contributed by atoms with E-state index in [0.717, 1.165) is 5.56 Å². The lowest BCUT2D eigenvalue weighted by Crippen LogP contribution is -2.53. The Kier molecular flexibility index (Phi) is 4.75. The second-order valence-corrected chi connectivity index (χ2v) is 6.11. The van der Waals surface area contributed by atoms with Crippen molar-refractivity contribution in [2.45, 2.75) is 13.0 Å². The molecule has 134 valence electrons. The third-order valence-corrected chi connectivity index (χ3v) is 4.59. The Hall–Kier alpha value is -3.15. The van der Waals surface area contributed by atoms with Gasteiger partial charge in [0.1, 0.15) is 5.41 Å². The Morgan fingerprint density at radius 2 is 1.54 bits per heavy atom. The monoisotopic (exact) mass is 352 g/mol. The highest BCUT2D eigenvalue weighted by molar-refractivity contribution is 6.20. The van der Waals surface area contributed by atoms with Gasteiger partial charge in [-0.1, -0.05) is 48.5 Å². The zero-order valence-electron chi connectivity index (χ0n) is 14.9. The molecule has 0 unspecified atom stereocenters. The Balaban J connectivity index is 2.22. The summed E-state index contributed by atoms with van der Waals surface area (Å²) >= 11 is 0. The SMILES string of the molecule is COC(=O)[C@H]1N(c2ccccc2)N=C(c2ccccc2)[C@]1(C)C(=O)OC. The minimum atomic E-state index is -1.32. The summed E-state index contributed by atoms with van der Waals surface area (Å²) in [5, 5.41) is 6.18. The van der Waals surface area contributed by atoms with Gasteiger partial charge in [-0.15, -0.1) is 0 Å². The van der Waals surface area contributed by atoms with Gasteiger partial charge in [0, 0.05) is 0 Å². The molecule has 0 amide bonds. The molecule has 0 bridgehead atoms. The van der Waals surface area contributed by atoms with Crippen LogP contribution in [-0.2, 0) is 19.1 Å². The Morgan fingerprint density at radius 1 is 0.962 bits per heavy atom. The predicted molar refractivity (Wildman–Crippen MR) is 97.8 cm³/mol. The van der Waals surface area contributed by atoms with Crippen LogP contribution in [0.2, 0.25) is 0 Å². The Morgan fingerprint density at radius 3 is 2.08 bits per heavy atom. The lowest BCUT2D eigenvalue weighted by atomic mass is 9.76. The lowest BCUT2D eigenvalue weighted by Gasteiger charge is -2.31. The van der Waals surface area contributed by atoms with Crippen molar-refractivity contribution in [2.75, 3.05) is 19.2 Å². The fourth-order valence-electron chi connectivity index (χ4n) is 3.25. The van der Waals surface area contributed by atoms with E-state index in [2.05, 4.69) is 5.10 Å². The number of anilines is 1. The molecule has 0 spiro atoms. The predicted octanol–water partition coefficient (Wildman–Crippen LogP) is 2.63. The van der Waals surface area contributed by atoms with Gasteiger partial charge in [-0.05, 0) is 24.6 Å². The highest BCUT2D eigenvalue weighted by atomic mass is 16.5. The van der Waals surface area contributed by atoms with Crippen molar-refractivity contribution >= 4 is 23.3 Å². The van der Waals surface area contributed by atoms with Gasteiger partial charge in [0.15, 0.2) is 6.04 Å². The Bertz CT molecular complexity index is 835. The molecule has 2 atom stereocenters. The van der Waals surface area contributed by atoms with Crippen LogP contribution >= 0.6 is 0 Å². The van der Waals surface area contributed by atoms with E-state index in [-0.39, 0.29) is 0 Å². The van der Waals surface area contributed by atoms with Gasteiger partial charge in [0.05, 0.1) is 25.6 Å². The maximum Gasteiger partial charge on any atom is 0.332 e. The third-order valence-electron chi connectivity index (χ3n) is 4.59. The molecule has 2 aromatic rings. The van der Waals surface area contributed by atoms with Gasteiger partial charge in [0.25, 0.3) is 0 Å². The molecule has 6 heteroatoms. The molecule has 1 heterocycles. The molecule has 0 fully saturated rings. The molecule has 6 nitrogen and oxygen atoms in total. The van der Waals surface area contributed by atoms with E-state index in [4.69, 9.17) is 9.47 Å². The number of methoxy groups -OCH3 is 2. The average Bonchev–Trinajstić information content (AvgIpc) is 3.02. The summed E-state index contributed by atoms with van der Waals surface area (Å²) in [5.41, 5.74) is 0.569. The van der Waals surface area contributed by atoms with Crippen LogP contribution in [-0.4, -0.2) is 37.9 Å². The summed E-state index contributed by atoms with van der Waals surface area (Å²) in [6.07, 6.45) is 0. The molecule has 0 radical (unpaired) electrons. The number of hydrazone groups is 1. The maximum absolute atomic E-state index is 12.8. The second-order valence-electron chi connectivity index (χ2n) is 6.11. The number of carbonyl (C=O) groups excluding carboxylic acids is 2. The molecule has 0 saturated carbocycles. The van der Waals surface area contributed by atoms with Gasteiger partial charge in [-0.25, -0.2) is 9.80 Å². The van der Waals surface area contributed by atoms with E-state index in [1.54, 1.807) is 6.92 Å². The van der Waals surface area contributed by atoms with Crippen molar-refractivity contribution in [3.8, 4) is 0 Å². The van der Waals surface area contributed by atoms with Crippen LogP contribution in [0.3, 0.4) is 0 Å². The third kappa shape index (κ3) is 2.73. The number of ether oxygens (including phenoxy) is 2. The zero-order chi connectivity index (χ0) is 18.7. The number of esters is 2. The molecule has 0 aliphatic carbocycles. The Labute approximate surface area is 152 Å². The van der Waals surface area contributed by atoms with Crippen LogP contribution in [0.4, 0.5) is 5.69 Å². The van der Waals surface area contributed by atoms with E-state index in [9.17, 15) is 9.59 Å². The minimum Gasteiger partial charge on any atom is -0.468 e. The molecule has 1 aliphatic rings. The summed E-state index contributed by atoms with van der Waals surface area (Å²) in [5.74, 6) is -1.11. The molecular formula is C20H20N2O4. The van der Waals surface area contributed by atoms with Gasteiger partial charge in [-0.3, -0.25) is 4.79 Å². The summed E-state index contributed by atoms with van der Waals surface area (Å²) < 4.78 is 10.0. The summed E-state index contributed by atoms with van der Waals surface area (Å²) in [6.45, 7) is 1.66. The summed E-state index contributed by atoms with van der Waals surface area (Å²) in [6, 6.07) is 17.5. The average molecular weight is 352 g/mol. The van der Waals surface area contributed by atoms with Crippen molar-refractivity contribution in [2.24, 2.45) is 10.5 Å². The number of nitrogens with zero attached hydrogens (tertiary/aromatic N) is 2. The number of hydrogen-bond donors (Lipinski definition) is 0. The van der Waals surface area contributed by atoms with Crippen molar-refractivity contribution < 1.29 is 19.1 Å². The van der Waals surface area contributed by atoms with E-state index < -0.39 is 23.4 Å². The topological polar surface area (TPSA) is 68.2 Å². The molecule has 26 heavy (non-hydrogen) atoms. The van der Waals surface area contributed by atoms with Crippen LogP contribution in [0.1, 0.15) is 12.5 Å². The van der Waals surface area contributed by atoms with Gasteiger partial charge < -0.3 is 9.47 Å². The highest BCUT2D eigenvalue weighted by Gasteiger charge is 2.58. The molecule has 3 rings (SSSR count). The van der Waals surface area contributed by atoms with Crippen LogP contribution < -0.4 is 5.01 Å². The van der Waals surface area contributed by atoms with Crippen LogP contribution in [0.15, 0.2) is 65.8 Å². The van der Waals surface area contributed by atoms with E-state index in [1.165, 1.54) is 19.2 Å². The van der Waals surface area contributed by atoms with Crippen LogP contribution in [0.5, 0.6) is 0 Å². The van der Waals surface area contributed by atoms with Crippen molar-refractivity contribution in [1.82, 2.24) is 0 Å². The summed E-state index contributed by atoms with van der Waals surface area (Å²) in [4.78, 5) is 25.5. The first-order valence-electron chi connectivity index (χ1n) is 8.19. The number of rotatable bonds is 4. The number of benzene rings is 2. The molecule has 0 N–H and O–H groups in total. The molecule has 0 saturated heterocycles. The molecule has 2 aromatic carbocycles. The van der Waals surface area contributed by atoms with E-state index in [0.29, 0.717) is 11.4 Å². The van der Waals surface area contributed by atoms with Gasteiger partial charge >= 0.3 is 11.9 Å². The fourth-order valence-corrected chi connectivity index (χ4v) is 3.25. The van der Waals surface area contributed by atoms with Gasteiger partial charge in [0.2, 0.25) is 0 Å². The first-order valence-corrected chi connectivity index (χ1v) is 8.19.